The highest BCUT2D eigenvalue weighted by molar-refractivity contribution is 7.89. The van der Waals surface area contributed by atoms with E-state index in [1.54, 1.807) is 30.5 Å². The van der Waals surface area contributed by atoms with Gasteiger partial charge in [-0.1, -0.05) is 6.07 Å². The molecule has 7 nitrogen and oxygen atoms in total. The lowest BCUT2D eigenvalue weighted by Gasteiger charge is -2.14. The van der Waals surface area contributed by atoms with E-state index < -0.39 is 22.0 Å². The fourth-order valence-electron chi connectivity index (χ4n) is 2.07. The van der Waals surface area contributed by atoms with Crippen LogP contribution in [0.1, 0.15) is 19.5 Å². The number of nitrogens with zero attached hydrogens (tertiary/aromatic N) is 1. The third-order valence-electron chi connectivity index (χ3n) is 3.34. The molecule has 0 unspecified atom stereocenters. The number of carbonyl (C=O) groups excluding carboxylic acids is 1. The number of amides is 1. The molecule has 2 N–H and O–H groups in total. The van der Waals surface area contributed by atoms with Gasteiger partial charge in [0, 0.05) is 6.20 Å². The zero-order chi connectivity index (χ0) is 18.3. The van der Waals surface area contributed by atoms with Crippen LogP contribution in [0.25, 0.3) is 0 Å². The molecular weight excluding hydrogens is 342 g/mol. The van der Waals surface area contributed by atoms with Crippen LogP contribution in [0.15, 0.2) is 53.6 Å². The molecule has 0 aliphatic rings. The molecule has 2 aromatic rings. The van der Waals surface area contributed by atoms with Gasteiger partial charge in [-0.2, -0.15) is 4.72 Å². The fourth-order valence-corrected chi connectivity index (χ4v) is 3.27. The van der Waals surface area contributed by atoms with Crippen molar-refractivity contribution in [2.45, 2.75) is 31.3 Å². The number of ether oxygens (including phenoxy) is 1. The summed E-state index contributed by atoms with van der Waals surface area (Å²) in [4.78, 5) is 16.2. The minimum Gasteiger partial charge on any atom is -0.494 e. The summed E-state index contributed by atoms with van der Waals surface area (Å²) in [6, 6.07) is 10.5. The first-order valence-corrected chi connectivity index (χ1v) is 9.33. The topological polar surface area (TPSA) is 97.4 Å². The molecule has 1 aromatic heterocycles. The molecule has 0 aliphatic carbocycles. The summed E-state index contributed by atoms with van der Waals surface area (Å²) in [5.41, 5.74) is 0.692. The molecule has 0 fully saturated rings. The Labute approximate surface area is 147 Å². The van der Waals surface area contributed by atoms with Crippen LogP contribution in [-0.2, 0) is 21.4 Å². The summed E-state index contributed by atoms with van der Waals surface area (Å²) in [7, 11) is -3.80. The molecule has 8 heteroatoms. The molecule has 0 spiro atoms. The van der Waals surface area contributed by atoms with Crippen molar-refractivity contribution in [3.63, 3.8) is 0 Å². The summed E-state index contributed by atoms with van der Waals surface area (Å²) in [6.45, 7) is 4.06. The molecular formula is C17H21N3O4S. The van der Waals surface area contributed by atoms with Crippen molar-refractivity contribution in [2.24, 2.45) is 0 Å². The second kappa shape index (κ2) is 8.59. The summed E-state index contributed by atoms with van der Waals surface area (Å²) in [6.07, 6.45) is 1.62. The van der Waals surface area contributed by atoms with Gasteiger partial charge in [0.25, 0.3) is 0 Å². The third kappa shape index (κ3) is 5.54. The molecule has 25 heavy (non-hydrogen) atoms. The van der Waals surface area contributed by atoms with E-state index in [-0.39, 0.29) is 11.4 Å². The normalized spacial score (nSPS) is 12.4. The number of carbonyl (C=O) groups is 1. The highest BCUT2D eigenvalue weighted by Gasteiger charge is 2.22. The Kier molecular flexibility index (Phi) is 6.49. The zero-order valence-electron chi connectivity index (χ0n) is 14.1. The SMILES string of the molecule is CCOc1ccc(S(=O)(=O)N[C@@H](C)C(=O)NCc2ccccn2)cc1. The van der Waals surface area contributed by atoms with E-state index in [0.717, 1.165) is 0 Å². The van der Waals surface area contributed by atoms with E-state index in [4.69, 9.17) is 4.74 Å². The van der Waals surface area contributed by atoms with Crippen molar-refractivity contribution >= 4 is 15.9 Å². The van der Waals surface area contributed by atoms with Gasteiger partial charge in [0.2, 0.25) is 15.9 Å². The Morgan fingerprint density at radius 1 is 1.20 bits per heavy atom. The van der Waals surface area contributed by atoms with Crippen molar-refractivity contribution in [3.05, 3.63) is 54.4 Å². The number of aromatic nitrogens is 1. The van der Waals surface area contributed by atoms with Gasteiger partial charge in [0.1, 0.15) is 5.75 Å². The highest BCUT2D eigenvalue weighted by Crippen LogP contribution is 2.16. The number of sulfonamides is 1. The predicted octanol–water partition coefficient (Wildman–Crippen LogP) is 1.46. The second-order valence-electron chi connectivity index (χ2n) is 5.29. The Morgan fingerprint density at radius 2 is 1.92 bits per heavy atom. The van der Waals surface area contributed by atoms with Gasteiger partial charge in [-0.25, -0.2) is 8.42 Å². The predicted molar refractivity (Wildman–Crippen MR) is 93.5 cm³/mol. The van der Waals surface area contributed by atoms with Crippen molar-refractivity contribution < 1.29 is 17.9 Å². The van der Waals surface area contributed by atoms with Crippen LogP contribution in [0.2, 0.25) is 0 Å². The molecule has 0 aliphatic heterocycles. The van der Waals surface area contributed by atoms with Gasteiger partial charge >= 0.3 is 0 Å². The van der Waals surface area contributed by atoms with Gasteiger partial charge in [-0.3, -0.25) is 9.78 Å². The smallest absolute Gasteiger partial charge is 0.241 e. The molecule has 1 atom stereocenters. The summed E-state index contributed by atoms with van der Waals surface area (Å²) < 4.78 is 32.3. The van der Waals surface area contributed by atoms with Crippen LogP contribution in [0.3, 0.4) is 0 Å². The first-order valence-electron chi connectivity index (χ1n) is 7.85. The van der Waals surface area contributed by atoms with Crippen molar-refractivity contribution in [2.75, 3.05) is 6.61 Å². The summed E-state index contributed by atoms with van der Waals surface area (Å²) in [5, 5.41) is 2.65. The monoisotopic (exact) mass is 363 g/mol. The van der Waals surface area contributed by atoms with E-state index in [9.17, 15) is 13.2 Å². The maximum atomic E-state index is 12.3. The van der Waals surface area contributed by atoms with Crippen LogP contribution >= 0.6 is 0 Å². The van der Waals surface area contributed by atoms with Crippen LogP contribution in [-0.4, -0.2) is 32.0 Å². The molecule has 1 amide bonds. The van der Waals surface area contributed by atoms with Gasteiger partial charge < -0.3 is 10.1 Å². The second-order valence-corrected chi connectivity index (χ2v) is 7.00. The molecule has 0 radical (unpaired) electrons. The largest absolute Gasteiger partial charge is 0.494 e. The van der Waals surface area contributed by atoms with Gasteiger partial charge in [0.15, 0.2) is 0 Å². The number of hydrogen-bond acceptors (Lipinski definition) is 5. The van der Waals surface area contributed by atoms with Crippen molar-refractivity contribution in [3.8, 4) is 5.75 Å². The lowest BCUT2D eigenvalue weighted by molar-refractivity contribution is -0.122. The van der Waals surface area contributed by atoms with Crippen LogP contribution in [0, 0.1) is 0 Å². The molecule has 0 bridgehead atoms. The fraction of sp³-hybridized carbons (Fsp3) is 0.294. The molecule has 2 rings (SSSR count). The minimum atomic E-state index is -3.80. The number of pyridine rings is 1. The lowest BCUT2D eigenvalue weighted by atomic mass is 10.3. The average molecular weight is 363 g/mol. The van der Waals surface area contributed by atoms with Crippen molar-refractivity contribution in [1.29, 1.82) is 0 Å². The minimum absolute atomic E-state index is 0.0697. The molecule has 1 heterocycles. The number of rotatable bonds is 8. The van der Waals surface area contributed by atoms with E-state index in [1.165, 1.54) is 19.1 Å². The van der Waals surface area contributed by atoms with Gasteiger partial charge in [-0.15, -0.1) is 0 Å². The first kappa shape index (κ1) is 18.9. The van der Waals surface area contributed by atoms with Crippen LogP contribution in [0.4, 0.5) is 0 Å². The summed E-state index contributed by atoms with van der Waals surface area (Å²) >= 11 is 0. The number of nitrogens with one attached hydrogen (secondary N) is 2. The quantitative estimate of drug-likeness (QED) is 0.740. The Morgan fingerprint density at radius 3 is 2.52 bits per heavy atom. The first-order chi connectivity index (χ1) is 11.9. The Hall–Kier alpha value is -2.45. The number of hydrogen-bond donors (Lipinski definition) is 2. The third-order valence-corrected chi connectivity index (χ3v) is 4.90. The van der Waals surface area contributed by atoms with Crippen LogP contribution in [0.5, 0.6) is 5.75 Å². The van der Waals surface area contributed by atoms with E-state index in [1.807, 2.05) is 13.0 Å². The molecule has 134 valence electrons. The summed E-state index contributed by atoms with van der Waals surface area (Å²) in [5.74, 6) is 0.155. The molecule has 0 saturated carbocycles. The van der Waals surface area contributed by atoms with Gasteiger partial charge in [0.05, 0.1) is 29.8 Å². The average Bonchev–Trinajstić information content (AvgIpc) is 2.61. The number of benzene rings is 1. The van der Waals surface area contributed by atoms with E-state index >= 15 is 0 Å². The standard InChI is InChI=1S/C17H21N3O4S/c1-3-24-15-7-9-16(10-8-15)25(22,23)20-13(2)17(21)19-12-14-6-4-5-11-18-14/h4-11,13,20H,3,12H2,1-2H3,(H,19,21)/t13-/m0/s1. The molecule has 0 saturated heterocycles. The zero-order valence-corrected chi connectivity index (χ0v) is 14.9. The van der Waals surface area contributed by atoms with E-state index in [0.29, 0.717) is 18.1 Å². The lowest BCUT2D eigenvalue weighted by Crippen LogP contribution is -2.44. The van der Waals surface area contributed by atoms with E-state index in [2.05, 4.69) is 15.0 Å². The highest BCUT2D eigenvalue weighted by atomic mass is 32.2. The van der Waals surface area contributed by atoms with Crippen molar-refractivity contribution in [1.82, 2.24) is 15.0 Å². The Balaban J connectivity index is 1.95. The molecule has 1 aromatic carbocycles. The van der Waals surface area contributed by atoms with Crippen LogP contribution < -0.4 is 14.8 Å². The van der Waals surface area contributed by atoms with Gasteiger partial charge in [-0.05, 0) is 50.2 Å². The maximum absolute atomic E-state index is 12.3. The Bertz CT molecular complexity index is 792. The maximum Gasteiger partial charge on any atom is 0.241 e.